The molecule has 0 spiro atoms. The SMILES string of the molecule is O=c1[nH]c2ccc(CN3CCC(c4cccs4)CC3)cc2c2ccccc12. The van der Waals surface area contributed by atoms with Gasteiger partial charge in [-0.15, -0.1) is 11.3 Å². The van der Waals surface area contributed by atoms with Crippen molar-refractivity contribution in [3.63, 3.8) is 0 Å². The number of benzene rings is 2. The van der Waals surface area contributed by atoms with Crippen molar-refractivity contribution in [2.45, 2.75) is 25.3 Å². The fourth-order valence-corrected chi connectivity index (χ4v) is 5.18. The molecule has 1 N–H and O–H groups in total. The van der Waals surface area contributed by atoms with Crippen LogP contribution in [0.4, 0.5) is 0 Å². The van der Waals surface area contributed by atoms with Crippen LogP contribution in [0.1, 0.15) is 29.2 Å². The summed E-state index contributed by atoms with van der Waals surface area (Å²) < 4.78 is 0. The molecule has 2 aromatic carbocycles. The molecular formula is C23H22N2OS. The van der Waals surface area contributed by atoms with Crippen LogP contribution in [0.15, 0.2) is 64.8 Å². The Bertz CT molecular complexity index is 1140. The Labute approximate surface area is 162 Å². The molecule has 0 radical (unpaired) electrons. The normalized spacial score (nSPS) is 16.3. The number of nitrogens with zero attached hydrogens (tertiary/aromatic N) is 1. The predicted octanol–water partition coefficient (Wildman–Crippen LogP) is 5.12. The fraction of sp³-hybridized carbons (Fsp3) is 0.261. The molecular weight excluding hydrogens is 352 g/mol. The maximum absolute atomic E-state index is 12.3. The van der Waals surface area contributed by atoms with Gasteiger partial charge in [0.2, 0.25) is 0 Å². The van der Waals surface area contributed by atoms with Gasteiger partial charge in [0, 0.05) is 27.7 Å². The van der Waals surface area contributed by atoms with Gasteiger partial charge in [-0.2, -0.15) is 0 Å². The van der Waals surface area contributed by atoms with E-state index in [1.54, 1.807) is 0 Å². The molecule has 3 nitrogen and oxygen atoms in total. The third-order valence-corrected chi connectivity index (χ3v) is 6.77. The molecule has 3 heterocycles. The number of pyridine rings is 1. The first kappa shape index (κ1) is 16.7. The maximum atomic E-state index is 12.3. The average molecular weight is 375 g/mol. The van der Waals surface area contributed by atoms with Crippen LogP contribution in [0.2, 0.25) is 0 Å². The number of hydrogen-bond donors (Lipinski definition) is 1. The van der Waals surface area contributed by atoms with Crippen molar-refractivity contribution in [1.29, 1.82) is 0 Å². The number of nitrogens with one attached hydrogen (secondary N) is 1. The second-order valence-corrected chi connectivity index (χ2v) is 8.42. The zero-order valence-corrected chi connectivity index (χ0v) is 16.0. The van der Waals surface area contributed by atoms with Gasteiger partial charge in [0.05, 0.1) is 0 Å². The van der Waals surface area contributed by atoms with E-state index in [2.05, 4.69) is 45.6 Å². The molecule has 1 aliphatic heterocycles. The van der Waals surface area contributed by atoms with E-state index in [0.29, 0.717) is 0 Å². The molecule has 1 aliphatic rings. The number of rotatable bonds is 3. The molecule has 4 aromatic rings. The van der Waals surface area contributed by atoms with Gasteiger partial charge in [-0.05, 0) is 72.4 Å². The highest BCUT2D eigenvalue weighted by molar-refractivity contribution is 7.10. The molecule has 0 unspecified atom stereocenters. The van der Waals surface area contributed by atoms with Crippen LogP contribution in [0.5, 0.6) is 0 Å². The van der Waals surface area contributed by atoms with Crippen LogP contribution in [0.25, 0.3) is 21.7 Å². The van der Waals surface area contributed by atoms with Crippen LogP contribution >= 0.6 is 11.3 Å². The largest absolute Gasteiger partial charge is 0.321 e. The van der Waals surface area contributed by atoms with Gasteiger partial charge in [-0.1, -0.05) is 30.3 Å². The van der Waals surface area contributed by atoms with Crippen LogP contribution in [0, 0.1) is 0 Å². The molecule has 0 aliphatic carbocycles. The highest BCUT2D eigenvalue weighted by atomic mass is 32.1. The Morgan fingerprint density at radius 2 is 1.78 bits per heavy atom. The fourth-order valence-electron chi connectivity index (χ4n) is 4.28. The molecule has 0 atom stereocenters. The summed E-state index contributed by atoms with van der Waals surface area (Å²) in [5.41, 5.74) is 2.22. The third kappa shape index (κ3) is 3.20. The first-order valence-corrected chi connectivity index (χ1v) is 10.5. The lowest BCUT2D eigenvalue weighted by atomic mass is 9.95. The van der Waals surface area contributed by atoms with Crippen molar-refractivity contribution in [3.05, 3.63) is 80.8 Å². The lowest BCUT2D eigenvalue weighted by Crippen LogP contribution is -2.32. The van der Waals surface area contributed by atoms with Crippen LogP contribution in [-0.2, 0) is 6.54 Å². The van der Waals surface area contributed by atoms with E-state index in [1.807, 2.05) is 35.6 Å². The third-order valence-electron chi connectivity index (χ3n) is 5.73. The molecule has 4 heteroatoms. The molecule has 27 heavy (non-hydrogen) atoms. The Hall–Kier alpha value is -2.43. The van der Waals surface area contributed by atoms with Gasteiger partial charge in [0.15, 0.2) is 0 Å². The summed E-state index contributed by atoms with van der Waals surface area (Å²) in [5.74, 6) is 0.729. The van der Waals surface area contributed by atoms with Crippen LogP contribution < -0.4 is 5.56 Å². The van der Waals surface area contributed by atoms with E-state index in [4.69, 9.17) is 0 Å². The Kier molecular flexibility index (Phi) is 4.30. The number of fused-ring (bicyclic) bond motifs is 3. The number of H-pyrrole nitrogens is 1. The minimum atomic E-state index is -0.0125. The summed E-state index contributed by atoms with van der Waals surface area (Å²) >= 11 is 1.89. The summed E-state index contributed by atoms with van der Waals surface area (Å²) in [4.78, 5) is 19.4. The van der Waals surface area contributed by atoms with E-state index in [9.17, 15) is 4.79 Å². The first-order chi connectivity index (χ1) is 13.3. The van der Waals surface area contributed by atoms with E-state index in [1.165, 1.54) is 23.3 Å². The standard InChI is InChI=1S/C23H22N2OS/c26-23-19-5-2-1-4-18(19)20-14-16(7-8-21(20)24-23)15-25-11-9-17(10-12-25)22-6-3-13-27-22/h1-8,13-14,17H,9-12,15H2,(H,24,26). The second-order valence-electron chi connectivity index (χ2n) is 7.45. The monoisotopic (exact) mass is 374 g/mol. The maximum Gasteiger partial charge on any atom is 0.256 e. The quantitative estimate of drug-likeness (QED) is 0.505. The molecule has 0 bridgehead atoms. The lowest BCUT2D eigenvalue weighted by Gasteiger charge is -2.31. The van der Waals surface area contributed by atoms with Crippen LogP contribution in [0.3, 0.4) is 0 Å². The average Bonchev–Trinajstić information content (AvgIpc) is 3.24. The zero-order chi connectivity index (χ0) is 18.2. The molecule has 1 saturated heterocycles. The van der Waals surface area contributed by atoms with Gasteiger partial charge >= 0.3 is 0 Å². The minimum Gasteiger partial charge on any atom is -0.321 e. The predicted molar refractivity (Wildman–Crippen MR) is 114 cm³/mol. The van der Waals surface area contributed by atoms with Gasteiger partial charge in [0.1, 0.15) is 0 Å². The summed E-state index contributed by atoms with van der Waals surface area (Å²) in [6.07, 6.45) is 2.48. The van der Waals surface area contributed by atoms with Gasteiger partial charge in [-0.3, -0.25) is 9.69 Å². The summed E-state index contributed by atoms with van der Waals surface area (Å²) in [5, 5.41) is 5.12. The zero-order valence-electron chi connectivity index (χ0n) is 15.2. The van der Waals surface area contributed by atoms with Gasteiger partial charge in [-0.25, -0.2) is 0 Å². The number of likely N-dealkylation sites (tertiary alicyclic amines) is 1. The molecule has 5 rings (SSSR count). The second kappa shape index (κ2) is 6.95. The van der Waals surface area contributed by atoms with E-state index in [-0.39, 0.29) is 5.56 Å². The summed E-state index contributed by atoms with van der Waals surface area (Å²) in [6.45, 7) is 3.26. The highest BCUT2D eigenvalue weighted by Gasteiger charge is 2.21. The molecule has 0 saturated carbocycles. The molecule has 0 amide bonds. The minimum absolute atomic E-state index is 0.0125. The number of aromatic nitrogens is 1. The lowest BCUT2D eigenvalue weighted by molar-refractivity contribution is 0.206. The van der Waals surface area contributed by atoms with Crippen molar-refractivity contribution < 1.29 is 0 Å². The number of piperidine rings is 1. The van der Waals surface area contributed by atoms with Crippen molar-refractivity contribution in [3.8, 4) is 0 Å². The van der Waals surface area contributed by atoms with Gasteiger partial charge in [0.25, 0.3) is 5.56 Å². The Morgan fingerprint density at radius 1 is 0.963 bits per heavy atom. The van der Waals surface area contributed by atoms with Crippen molar-refractivity contribution in [2.24, 2.45) is 0 Å². The summed E-state index contributed by atoms with van der Waals surface area (Å²) in [6, 6.07) is 18.8. The molecule has 136 valence electrons. The highest BCUT2D eigenvalue weighted by Crippen LogP contribution is 2.31. The van der Waals surface area contributed by atoms with Gasteiger partial charge < -0.3 is 4.98 Å². The van der Waals surface area contributed by atoms with E-state index < -0.39 is 0 Å². The first-order valence-electron chi connectivity index (χ1n) is 9.57. The number of aromatic amines is 1. The van der Waals surface area contributed by atoms with Crippen molar-refractivity contribution >= 4 is 33.0 Å². The smallest absolute Gasteiger partial charge is 0.256 e. The van der Waals surface area contributed by atoms with E-state index >= 15 is 0 Å². The van der Waals surface area contributed by atoms with Crippen molar-refractivity contribution in [2.75, 3.05) is 13.1 Å². The molecule has 2 aromatic heterocycles. The Morgan fingerprint density at radius 3 is 2.56 bits per heavy atom. The topological polar surface area (TPSA) is 36.1 Å². The Balaban J connectivity index is 1.39. The summed E-state index contributed by atoms with van der Waals surface area (Å²) in [7, 11) is 0. The molecule has 1 fully saturated rings. The van der Waals surface area contributed by atoms with E-state index in [0.717, 1.165) is 47.2 Å². The van der Waals surface area contributed by atoms with Crippen molar-refractivity contribution in [1.82, 2.24) is 9.88 Å². The van der Waals surface area contributed by atoms with Crippen LogP contribution in [-0.4, -0.2) is 23.0 Å². The number of thiophene rings is 1. The number of hydrogen-bond acceptors (Lipinski definition) is 3.